The molecule has 11 rings (SSSR count). The maximum atomic E-state index is 2.50. The maximum absolute atomic E-state index is 2.50. The molecule has 0 bridgehead atoms. The summed E-state index contributed by atoms with van der Waals surface area (Å²) in [5, 5.41) is 12.8. The number of nitrogens with zero attached hydrogens (tertiary/aromatic N) is 2. The van der Waals surface area contributed by atoms with E-state index in [1.807, 2.05) is 11.3 Å². The Bertz CT molecular complexity index is 3070. The lowest BCUT2D eigenvalue weighted by Crippen LogP contribution is -1.97. The van der Waals surface area contributed by atoms with E-state index in [4.69, 9.17) is 0 Å². The van der Waals surface area contributed by atoms with Crippen LogP contribution in [0.25, 0.3) is 96.7 Å². The van der Waals surface area contributed by atoms with E-state index in [0.29, 0.717) is 0 Å². The molecule has 0 atom stereocenters. The quantitative estimate of drug-likeness (QED) is 0.171. The predicted octanol–water partition coefficient (Wildman–Crippen LogP) is 12.6. The zero-order valence-corrected chi connectivity index (χ0v) is 26.1. The van der Waals surface area contributed by atoms with Gasteiger partial charge in [0.25, 0.3) is 0 Å². The molecule has 3 aromatic heterocycles. The van der Waals surface area contributed by atoms with Gasteiger partial charge in [-0.3, -0.25) is 0 Å². The van der Waals surface area contributed by atoms with E-state index in [-0.39, 0.29) is 0 Å². The Kier molecular flexibility index (Phi) is 5.02. The highest BCUT2D eigenvalue weighted by atomic mass is 32.1. The van der Waals surface area contributed by atoms with E-state index in [1.165, 1.54) is 96.7 Å². The van der Waals surface area contributed by atoms with E-state index in [9.17, 15) is 0 Å². The summed E-state index contributed by atoms with van der Waals surface area (Å²) in [5.74, 6) is 0. The highest BCUT2D eigenvalue weighted by Crippen LogP contribution is 2.45. The lowest BCUT2D eigenvalue weighted by molar-refractivity contribution is 1.18. The third-order valence-corrected chi connectivity index (χ3v) is 11.3. The van der Waals surface area contributed by atoms with Crippen molar-refractivity contribution in [1.82, 2.24) is 9.13 Å². The summed E-state index contributed by atoms with van der Waals surface area (Å²) < 4.78 is 7.66. The van der Waals surface area contributed by atoms with E-state index in [1.54, 1.807) is 0 Å². The molecular weight excluding hydrogens is 589 g/mol. The second-order valence-electron chi connectivity index (χ2n) is 12.5. The first-order valence-electron chi connectivity index (χ1n) is 16.1. The molecule has 3 heterocycles. The van der Waals surface area contributed by atoms with Crippen LogP contribution >= 0.6 is 11.3 Å². The van der Waals surface area contributed by atoms with Crippen molar-refractivity contribution in [3.05, 3.63) is 158 Å². The number of rotatable bonds is 2. The molecular formula is C44H26N2S. The smallest absolute Gasteiger partial charge is 0.0719 e. The Balaban J connectivity index is 1.36. The number of hydrogen-bond donors (Lipinski definition) is 0. The number of thiophene rings is 1. The third kappa shape index (κ3) is 3.39. The standard InChI is InChI=1S/C44H26N2S/c1-2-13-28(14-3-1)45-40-26-41-36(25-37(40)34-22-23-35-33-19-9-11-21-42(33)47-44(35)43(34)45)32-18-8-10-20-38(32)46(41)39-24-27-12-4-5-15-29(27)30-16-6-7-17-31(30)39/h1-26H. The SMILES string of the molecule is c1ccc(-n2c3cc4c(cc3c3ccc5c6ccccc6sc5c32)c2ccccc2n4-c2cc3ccccc3c3ccccc23)cc1. The van der Waals surface area contributed by atoms with Gasteiger partial charge in [-0.1, -0.05) is 115 Å². The Morgan fingerprint density at radius 2 is 1.00 bits per heavy atom. The average molecular weight is 615 g/mol. The van der Waals surface area contributed by atoms with Crippen molar-refractivity contribution in [2.45, 2.75) is 0 Å². The molecule has 218 valence electrons. The lowest BCUT2D eigenvalue weighted by Gasteiger charge is -2.14. The number of aromatic nitrogens is 2. The van der Waals surface area contributed by atoms with Crippen LogP contribution in [0.1, 0.15) is 0 Å². The summed E-state index contributed by atoms with van der Waals surface area (Å²) in [6, 6.07) is 58.1. The molecule has 0 aliphatic rings. The lowest BCUT2D eigenvalue weighted by atomic mass is 10.00. The van der Waals surface area contributed by atoms with Gasteiger partial charge in [0.1, 0.15) is 0 Å². The van der Waals surface area contributed by atoms with Crippen molar-refractivity contribution in [2.24, 2.45) is 0 Å². The molecule has 0 amide bonds. The monoisotopic (exact) mass is 614 g/mol. The molecule has 0 aliphatic carbocycles. The Labute approximate surface area is 273 Å². The Morgan fingerprint density at radius 3 is 1.87 bits per heavy atom. The number of benzene rings is 8. The molecule has 0 saturated carbocycles. The van der Waals surface area contributed by atoms with Gasteiger partial charge < -0.3 is 9.13 Å². The van der Waals surface area contributed by atoms with Crippen molar-refractivity contribution in [3.63, 3.8) is 0 Å². The molecule has 0 unspecified atom stereocenters. The van der Waals surface area contributed by atoms with Gasteiger partial charge in [-0.15, -0.1) is 11.3 Å². The third-order valence-electron chi connectivity index (χ3n) is 10.1. The second-order valence-corrected chi connectivity index (χ2v) is 13.6. The van der Waals surface area contributed by atoms with Crippen molar-refractivity contribution < 1.29 is 0 Å². The highest BCUT2D eigenvalue weighted by Gasteiger charge is 2.22. The Hall–Kier alpha value is -5.90. The van der Waals surface area contributed by atoms with Gasteiger partial charge in [-0.25, -0.2) is 0 Å². The molecule has 0 N–H and O–H groups in total. The molecule has 0 saturated heterocycles. The van der Waals surface area contributed by atoms with Gasteiger partial charge in [0.2, 0.25) is 0 Å². The fourth-order valence-electron chi connectivity index (χ4n) is 8.06. The van der Waals surface area contributed by atoms with Crippen molar-refractivity contribution in [1.29, 1.82) is 0 Å². The van der Waals surface area contributed by atoms with E-state index in [2.05, 4.69) is 167 Å². The van der Waals surface area contributed by atoms with Crippen molar-refractivity contribution in [3.8, 4) is 11.4 Å². The predicted molar refractivity (Wildman–Crippen MR) is 203 cm³/mol. The number of hydrogen-bond acceptors (Lipinski definition) is 1. The minimum atomic E-state index is 1.18. The minimum Gasteiger partial charge on any atom is -0.309 e. The van der Waals surface area contributed by atoms with E-state index >= 15 is 0 Å². The number of fused-ring (bicyclic) bond motifs is 13. The second kappa shape index (κ2) is 9.32. The first-order valence-corrected chi connectivity index (χ1v) is 16.9. The number of para-hydroxylation sites is 2. The molecule has 2 nitrogen and oxygen atoms in total. The van der Waals surface area contributed by atoms with Crippen LogP contribution in [0.3, 0.4) is 0 Å². The van der Waals surface area contributed by atoms with E-state index in [0.717, 1.165) is 0 Å². The van der Waals surface area contributed by atoms with Gasteiger partial charge in [0, 0.05) is 48.1 Å². The minimum absolute atomic E-state index is 1.18. The van der Waals surface area contributed by atoms with E-state index < -0.39 is 0 Å². The first-order chi connectivity index (χ1) is 23.3. The van der Waals surface area contributed by atoms with Crippen LogP contribution < -0.4 is 0 Å². The van der Waals surface area contributed by atoms with Crippen LogP contribution in [-0.4, -0.2) is 9.13 Å². The van der Waals surface area contributed by atoms with Crippen LogP contribution in [0.5, 0.6) is 0 Å². The van der Waals surface area contributed by atoms with Gasteiger partial charge in [0.05, 0.1) is 32.5 Å². The van der Waals surface area contributed by atoms with Crippen LogP contribution in [0, 0.1) is 0 Å². The highest BCUT2D eigenvalue weighted by molar-refractivity contribution is 7.26. The van der Waals surface area contributed by atoms with Crippen LogP contribution in [0.15, 0.2) is 158 Å². The molecule has 0 aliphatic heterocycles. The van der Waals surface area contributed by atoms with Crippen LogP contribution in [0.4, 0.5) is 0 Å². The van der Waals surface area contributed by atoms with Crippen LogP contribution in [-0.2, 0) is 0 Å². The zero-order chi connectivity index (χ0) is 30.6. The fraction of sp³-hybridized carbons (Fsp3) is 0. The Morgan fingerprint density at radius 1 is 0.362 bits per heavy atom. The fourth-order valence-corrected chi connectivity index (χ4v) is 9.30. The van der Waals surface area contributed by atoms with Gasteiger partial charge >= 0.3 is 0 Å². The largest absolute Gasteiger partial charge is 0.309 e. The molecule has 8 aromatic carbocycles. The summed E-state index contributed by atoms with van der Waals surface area (Å²) in [6.45, 7) is 0. The first kappa shape index (κ1) is 25.3. The summed E-state index contributed by atoms with van der Waals surface area (Å²) in [5.41, 5.74) is 7.32. The normalized spacial score (nSPS) is 12.3. The van der Waals surface area contributed by atoms with Crippen LogP contribution in [0.2, 0.25) is 0 Å². The summed E-state index contributed by atoms with van der Waals surface area (Å²) in [6.07, 6.45) is 0. The average Bonchev–Trinajstić information content (AvgIpc) is 3.78. The molecule has 0 radical (unpaired) electrons. The maximum Gasteiger partial charge on any atom is 0.0719 e. The molecule has 47 heavy (non-hydrogen) atoms. The molecule has 0 fully saturated rings. The van der Waals surface area contributed by atoms with Gasteiger partial charge in [-0.05, 0) is 58.6 Å². The van der Waals surface area contributed by atoms with Crippen molar-refractivity contribution >= 4 is 96.7 Å². The zero-order valence-electron chi connectivity index (χ0n) is 25.3. The summed E-state index contributed by atoms with van der Waals surface area (Å²) in [4.78, 5) is 0. The summed E-state index contributed by atoms with van der Waals surface area (Å²) >= 11 is 1.90. The van der Waals surface area contributed by atoms with Crippen molar-refractivity contribution in [2.75, 3.05) is 0 Å². The van der Waals surface area contributed by atoms with Gasteiger partial charge in [-0.2, -0.15) is 0 Å². The summed E-state index contributed by atoms with van der Waals surface area (Å²) in [7, 11) is 0. The topological polar surface area (TPSA) is 9.86 Å². The molecule has 3 heteroatoms. The van der Waals surface area contributed by atoms with Gasteiger partial charge in [0.15, 0.2) is 0 Å². The molecule has 0 spiro atoms. The molecule has 11 aromatic rings.